The second-order valence-electron chi connectivity index (χ2n) is 6.48. The van der Waals surface area contributed by atoms with Gasteiger partial charge in [0.2, 0.25) is 0 Å². The van der Waals surface area contributed by atoms with Crippen molar-refractivity contribution in [1.29, 1.82) is 0 Å². The second kappa shape index (κ2) is 4.30. The van der Waals surface area contributed by atoms with Gasteiger partial charge in [0.1, 0.15) is 5.60 Å². The molecule has 110 valence electrons. The molecule has 1 aliphatic carbocycles. The van der Waals surface area contributed by atoms with E-state index in [-0.39, 0.29) is 25.9 Å². The van der Waals surface area contributed by atoms with E-state index < -0.39 is 35.6 Å². The van der Waals surface area contributed by atoms with Gasteiger partial charge in [0, 0.05) is 18.5 Å². The summed E-state index contributed by atoms with van der Waals surface area (Å²) in [5.74, 6) is -3.73. The van der Waals surface area contributed by atoms with Crippen molar-refractivity contribution < 1.29 is 23.4 Å². The standard InChI is InChI=1S/C13H21F2NO3/c1-11(2,3)19-10(18)16-6-4-12(5-7-16)9(8-17)13(12,14)15/h9,17H,4-8H2,1-3H3. The molecule has 1 saturated heterocycles. The quantitative estimate of drug-likeness (QED) is 0.800. The van der Waals surface area contributed by atoms with Gasteiger partial charge in [-0.2, -0.15) is 0 Å². The third-order valence-electron chi connectivity index (χ3n) is 4.18. The van der Waals surface area contributed by atoms with E-state index in [9.17, 15) is 13.6 Å². The fourth-order valence-corrected chi connectivity index (χ4v) is 2.98. The number of hydrogen-bond donors (Lipinski definition) is 1. The lowest BCUT2D eigenvalue weighted by molar-refractivity contribution is 0.000909. The Hall–Kier alpha value is -0.910. The van der Waals surface area contributed by atoms with Crippen molar-refractivity contribution >= 4 is 6.09 Å². The predicted molar refractivity (Wildman–Crippen MR) is 65.0 cm³/mol. The van der Waals surface area contributed by atoms with Gasteiger partial charge in [-0.05, 0) is 33.6 Å². The fourth-order valence-electron chi connectivity index (χ4n) is 2.98. The maximum Gasteiger partial charge on any atom is 0.410 e. The van der Waals surface area contributed by atoms with Crippen molar-refractivity contribution in [3.05, 3.63) is 0 Å². The number of halogens is 2. The Kier molecular flexibility index (Phi) is 3.28. The molecule has 1 spiro atoms. The molecule has 2 fully saturated rings. The second-order valence-corrected chi connectivity index (χ2v) is 6.48. The van der Waals surface area contributed by atoms with Gasteiger partial charge in [-0.3, -0.25) is 0 Å². The van der Waals surface area contributed by atoms with E-state index in [4.69, 9.17) is 9.84 Å². The number of hydrogen-bond acceptors (Lipinski definition) is 3. The molecule has 0 aromatic rings. The number of aliphatic hydroxyl groups is 1. The third-order valence-corrected chi connectivity index (χ3v) is 4.18. The van der Waals surface area contributed by atoms with Gasteiger partial charge in [-0.25, -0.2) is 13.6 Å². The van der Waals surface area contributed by atoms with Crippen molar-refractivity contribution in [1.82, 2.24) is 4.90 Å². The van der Waals surface area contributed by atoms with Crippen LogP contribution in [0.15, 0.2) is 0 Å². The van der Waals surface area contributed by atoms with E-state index in [1.165, 1.54) is 4.90 Å². The minimum atomic E-state index is -2.79. The molecule has 1 aliphatic heterocycles. The van der Waals surface area contributed by atoms with Crippen LogP contribution in [0.25, 0.3) is 0 Å². The lowest BCUT2D eigenvalue weighted by atomic mass is 9.90. The van der Waals surface area contributed by atoms with Crippen LogP contribution in [-0.4, -0.2) is 47.3 Å². The van der Waals surface area contributed by atoms with E-state index in [1.807, 2.05) is 0 Å². The normalized spacial score (nSPS) is 28.3. The van der Waals surface area contributed by atoms with Crippen molar-refractivity contribution in [2.75, 3.05) is 19.7 Å². The Bertz CT molecular complexity index is 371. The lowest BCUT2D eigenvalue weighted by Crippen LogP contribution is -2.43. The van der Waals surface area contributed by atoms with Crippen LogP contribution in [0.2, 0.25) is 0 Å². The highest BCUT2D eigenvalue weighted by atomic mass is 19.3. The number of carbonyl (C=O) groups is 1. The number of piperidine rings is 1. The van der Waals surface area contributed by atoms with Gasteiger partial charge in [-0.1, -0.05) is 0 Å². The zero-order chi connectivity index (χ0) is 14.5. The number of ether oxygens (including phenoxy) is 1. The zero-order valence-corrected chi connectivity index (χ0v) is 11.6. The van der Waals surface area contributed by atoms with E-state index in [2.05, 4.69) is 0 Å². The Morgan fingerprint density at radius 2 is 1.89 bits per heavy atom. The molecule has 1 saturated carbocycles. The predicted octanol–water partition coefficient (Wildman–Crippen LogP) is 2.26. The van der Waals surface area contributed by atoms with Gasteiger partial charge in [0.15, 0.2) is 0 Å². The molecule has 1 unspecified atom stereocenters. The summed E-state index contributed by atoms with van der Waals surface area (Å²) < 4.78 is 32.5. The van der Waals surface area contributed by atoms with Crippen LogP contribution >= 0.6 is 0 Å². The van der Waals surface area contributed by atoms with Crippen molar-refractivity contribution in [3.63, 3.8) is 0 Å². The van der Waals surface area contributed by atoms with Crippen LogP contribution < -0.4 is 0 Å². The van der Waals surface area contributed by atoms with E-state index in [1.54, 1.807) is 20.8 Å². The largest absolute Gasteiger partial charge is 0.444 e. The Labute approximate surface area is 111 Å². The summed E-state index contributed by atoms with van der Waals surface area (Å²) in [5, 5.41) is 9.00. The average Bonchev–Trinajstić information content (AvgIpc) is 2.72. The molecule has 1 amide bonds. The summed E-state index contributed by atoms with van der Waals surface area (Å²) >= 11 is 0. The molecule has 1 N–H and O–H groups in total. The topological polar surface area (TPSA) is 49.8 Å². The number of alkyl halides is 2. The van der Waals surface area contributed by atoms with Crippen LogP contribution in [0, 0.1) is 11.3 Å². The van der Waals surface area contributed by atoms with Gasteiger partial charge >= 0.3 is 6.09 Å². The molecule has 0 bridgehead atoms. The van der Waals surface area contributed by atoms with Gasteiger partial charge < -0.3 is 14.7 Å². The minimum absolute atomic E-state index is 0.227. The molecular formula is C13H21F2NO3. The molecule has 0 radical (unpaired) electrons. The molecule has 19 heavy (non-hydrogen) atoms. The highest BCUT2D eigenvalue weighted by Gasteiger charge is 2.79. The summed E-state index contributed by atoms with van der Waals surface area (Å²) in [6.07, 6.45) is 0.00134. The maximum absolute atomic E-state index is 13.6. The van der Waals surface area contributed by atoms with Gasteiger partial charge in [0.05, 0.1) is 12.5 Å². The minimum Gasteiger partial charge on any atom is -0.444 e. The molecule has 1 atom stereocenters. The van der Waals surface area contributed by atoms with Crippen molar-refractivity contribution in [2.45, 2.75) is 45.1 Å². The molecule has 4 nitrogen and oxygen atoms in total. The molecule has 0 aromatic carbocycles. The first kappa shape index (κ1) is 14.5. The van der Waals surface area contributed by atoms with Crippen LogP contribution in [0.1, 0.15) is 33.6 Å². The number of carbonyl (C=O) groups excluding carboxylic acids is 1. The summed E-state index contributed by atoms with van der Waals surface area (Å²) in [7, 11) is 0. The van der Waals surface area contributed by atoms with E-state index >= 15 is 0 Å². The number of nitrogens with zero attached hydrogens (tertiary/aromatic N) is 1. The SMILES string of the molecule is CC(C)(C)OC(=O)N1CCC2(CC1)C(CO)C2(F)F. The summed E-state index contributed by atoms with van der Waals surface area (Å²) in [4.78, 5) is 13.3. The first-order valence-electron chi connectivity index (χ1n) is 6.61. The maximum atomic E-state index is 13.6. The molecule has 6 heteroatoms. The summed E-state index contributed by atoms with van der Waals surface area (Å²) in [6, 6.07) is 0. The summed E-state index contributed by atoms with van der Waals surface area (Å²) in [5.41, 5.74) is -1.68. The average molecular weight is 277 g/mol. The van der Waals surface area contributed by atoms with Crippen LogP contribution in [-0.2, 0) is 4.74 Å². The molecule has 0 aromatic heterocycles. The number of aliphatic hydroxyl groups excluding tert-OH is 1. The highest BCUT2D eigenvalue weighted by Crippen LogP contribution is 2.70. The first-order chi connectivity index (χ1) is 8.64. The van der Waals surface area contributed by atoms with Gasteiger partial charge in [-0.15, -0.1) is 0 Å². The smallest absolute Gasteiger partial charge is 0.410 e. The molecule has 1 heterocycles. The Balaban J connectivity index is 1.92. The monoisotopic (exact) mass is 277 g/mol. The molecule has 2 rings (SSSR count). The van der Waals surface area contributed by atoms with Crippen molar-refractivity contribution in [2.24, 2.45) is 11.3 Å². The molecular weight excluding hydrogens is 256 g/mol. The van der Waals surface area contributed by atoms with Crippen LogP contribution in [0.5, 0.6) is 0 Å². The first-order valence-corrected chi connectivity index (χ1v) is 6.61. The van der Waals surface area contributed by atoms with Crippen LogP contribution in [0.4, 0.5) is 13.6 Å². The van der Waals surface area contributed by atoms with E-state index in [0.29, 0.717) is 0 Å². The number of likely N-dealkylation sites (tertiary alicyclic amines) is 1. The van der Waals surface area contributed by atoms with Crippen LogP contribution in [0.3, 0.4) is 0 Å². The van der Waals surface area contributed by atoms with Gasteiger partial charge in [0.25, 0.3) is 5.92 Å². The highest BCUT2D eigenvalue weighted by molar-refractivity contribution is 5.68. The lowest BCUT2D eigenvalue weighted by Gasteiger charge is -2.33. The van der Waals surface area contributed by atoms with E-state index in [0.717, 1.165) is 0 Å². The Morgan fingerprint density at radius 3 is 2.26 bits per heavy atom. The number of amides is 1. The molecule has 2 aliphatic rings. The third kappa shape index (κ3) is 2.30. The Morgan fingerprint density at radius 1 is 1.37 bits per heavy atom. The summed E-state index contributed by atoms with van der Waals surface area (Å²) in [6.45, 7) is 5.36. The fraction of sp³-hybridized carbons (Fsp3) is 0.923. The zero-order valence-electron chi connectivity index (χ0n) is 11.6. The van der Waals surface area contributed by atoms with Crippen molar-refractivity contribution in [3.8, 4) is 0 Å². The number of rotatable bonds is 1.